The summed E-state index contributed by atoms with van der Waals surface area (Å²) >= 11 is 0. The van der Waals surface area contributed by atoms with E-state index in [1.807, 2.05) is 6.07 Å². The van der Waals surface area contributed by atoms with Gasteiger partial charge in [0.05, 0.1) is 5.52 Å². The van der Waals surface area contributed by atoms with Gasteiger partial charge in [-0.3, -0.25) is 4.79 Å². The van der Waals surface area contributed by atoms with Crippen LogP contribution in [0.3, 0.4) is 0 Å². The Morgan fingerprint density at radius 3 is 2.96 bits per heavy atom. The number of hydrogen-bond acceptors (Lipinski definition) is 2. The lowest BCUT2D eigenvalue weighted by Gasteiger charge is -2.27. The number of nitrogens with zero attached hydrogens (tertiary/aromatic N) is 1. The maximum absolute atomic E-state index is 12.5. The van der Waals surface area contributed by atoms with E-state index in [-0.39, 0.29) is 24.2 Å². The molecule has 2 heterocycles. The molecule has 4 nitrogen and oxygen atoms in total. The summed E-state index contributed by atoms with van der Waals surface area (Å²) in [5.74, 6) is 0.274. The van der Waals surface area contributed by atoms with Gasteiger partial charge in [-0.25, -0.2) is 0 Å². The zero-order valence-electron chi connectivity index (χ0n) is 13.8. The van der Waals surface area contributed by atoms with Gasteiger partial charge in [0.15, 0.2) is 0 Å². The first-order valence-electron chi connectivity index (χ1n) is 8.30. The largest absolute Gasteiger partial charge is 0.347 e. The number of aryl methyl sites for hydroxylation is 1. The zero-order valence-corrected chi connectivity index (χ0v) is 14.7. The summed E-state index contributed by atoms with van der Waals surface area (Å²) in [6.45, 7) is 6.25. The maximum atomic E-state index is 12.5. The van der Waals surface area contributed by atoms with E-state index in [2.05, 4.69) is 53.4 Å². The second-order valence-electron chi connectivity index (χ2n) is 6.35. The molecule has 2 aromatic rings. The van der Waals surface area contributed by atoms with Gasteiger partial charge < -0.3 is 15.2 Å². The van der Waals surface area contributed by atoms with Gasteiger partial charge in [-0.1, -0.05) is 13.0 Å². The third kappa shape index (κ3) is 4.06. The van der Waals surface area contributed by atoms with Gasteiger partial charge in [0, 0.05) is 30.4 Å². The maximum Gasteiger partial charge on any atom is 0.227 e. The fourth-order valence-corrected chi connectivity index (χ4v) is 3.31. The van der Waals surface area contributed by atoms with Crippen LogP contribution in [0.2, 0.25) is 0 Å². The highest BCUT2D eigenvalue weighted by atomic mass is 35.5. The molecule has 1 amide bonds. The van der Waals surface area contributed by atoms with Gasteiger partial charge in [0.2, 0.25) is 5.91 Å². The van der Waals surface area contributed by atoms with E-state index < -0.39 is 0 Å². The highest BCUT2D eigenvalue weighted by Crippen LogP contribution is 2.23. The number of piperidine rings is 1. The second-order valence-corrected chi connectivity index (χ2v) is 6.35. The molecule has 0 saturated carbocycles. The Hall–Kier alpha value is -1.52. The van der Waals surface area contributed by atoms with Gasteiger partial charge in [0.1, 0.15) is 0 Å². The Balaban J connectivity index is 0.00000192. The molecule has 3 rings (SSSR count). The Morgan fingerprint density at radius 2 is 2.22 bits per heavy atom. The van der Waals surface area contributed by atoms with Crippen molar-refractivity contribution in [1.82, 2.24) is 9.88 Å². The van der Waals surface area contributed by atoms with Crippen molar-refractivity contribution >= 4 is 34.9 Å². The Kier molecular flexibility index (Phi) is 6.08. The van der Waals surface area contributed by atoms with Crippen molar-refractivity contribution in [2.24, 2.45) is 5.92 Å². The fourth-order valence-electron chi connectivity index (χ4n) is 3.31. The smallest absolute Gasteiger partial charge is 0.227 e. The molecule has 0 aliphatic carbocycles. The average molecular weight is 336 g/mol. The SMILES string of the molecule is CCCn1ccc2ccc(NC(=O)[C@H]3CCN[C@@H](C)C3)cc21.Cl. The molecule has 23 heavy (non-hydrogen) atoms. The van der Waals surface area contributed by atoms with Gasteiger partial charge in [-0.05, 0) is 56.3 Å². The van der Waals surface area contributed by atoms with Crippen LogP contribution in [0.5, 0.6) is 0 Å². The standard InChI is InChI=1S/C18H25N3O.ClH/c1-3-9-21-10-7-14-4-5-16(12-17(14)21)20-18(22)15-6-8-19-13(2)11-15;/h4-5,7,10,12-13,15,19H,3,6,8-9,11H2,1-2H3,(H,20,22);1H/t13-,15-;/m0./s1. The number of aromatic nitrogens is 1. The Labute approximate surface area is 144 Å². The van der Waals surface area contributed by atoms with Crippen LogP contribution in [0.25, 0.3) is 10.9 Å². The first kappa shape index (κ1) is 17.8. The molecule has 2 N–H and O–H groups in total. The van der Waals surface area contributed by atoms with Crippen molar-refractivity contribution in [3.63, 3.8) is 0 Å². The molecule has 1 aliphatic heterocycles. The number of fused-ring (bicyclic) bond motifs is 1. The first-order valence-corrected chi connectivity index (χ1v) is 8.30. The summed E-state index contributed by atoms with van der Waals surface area (Å²) in [5, 5.41) is 7.72. The molecular formula is C18H26ClN3O. The number of benzene rings is 1. The number of anilines is 1. The molecule has 0 radical (unpaired) electrons. The summed E-state index contributed by atoms with van der Waals surface area (Å²) in [4.78, 5) is 12.5. The Morgan fingerprint density at radius 1 is 1.39 bits per heavy atom. The molecule has 0 bridgehead atoms. The predicted octanol–water partition coefficient (Wildman–Crippen LogP) is 3.80. The fraction of sp³-hybridized carbons (Fsp3) is 0.500. The molecule has 1 aromatic carbocycles. The summed E-state index contributed by atoms with van der Waals surface area (Å²) < 4.78 is 2.25. The van der Waals surface area contributed by atoms with Gasteiger partial charge >= 0.3 is 0 Å². The van der Waals surface area contributed by atoms with Gasteiger partial charge in [-0.15, -0.1) is 12.4 Å². The molecule has 126 valence electrons. The van der Waals surface area contributed by atoms with Crippen LogP contribution >= 0.6 is 12.4 Å². The van der Waals surface area contributed by atoms with Crippen LogP contribution in [0, 0.1) is 5.92 Å². The number of nitrogens with one attached hydrogen (secondary N) is 2. The predicted molar refractivity (Wildman–Crippen MR) is 98.3 cm³/mol. The lowest BCUT2D eigenvalue weighted by molar-refractivity contribution is -0.120. The summed E-state index contributed by atoms with van der Waals surface area (Å²) in [5.41, 5.74) is 2.10. The van der Waals surface area contributed by atoms with Crippen molar-refractivity contribution in [3.05, 3.63) is 30.5 Å². The topological polar surface area (TPSA) is 46.1 Å². The van der Waals surface area contributed by atoms with E-state index in [9.17, 15) is 4.79 Å². The van der Waals surface area contributed by atoms with Gasteiger partial charge in [0.25, 0.3) is 0 Å². The number of carbonyl (C=O) groups excluding carboxylic acids is 1. The van der Waals surface area contributed by atoms with Crippen LogP contribution in [0.4, 0.5) is 5.69 Å². The molecule has 2 atom stereocenters. The monoisotopic (exact) mass is 335 g/mol. The normalized spacial score (nSPS) is 21.0. The van der Waals surface area contributed by atoms with E-state index in [0.29, 0.717) is 6.04 Å². The van der Waals surface area contributed by atoms with Crippen molar-refractivity contribution < 1.29 is 4.79 Å². The van der Waals surface area contributed by atoms with Crippen molar-refractivity contribution in [3.8, 4) is 0 Å². The van der Waals surface area contributed by atoms with Crippen LogP contribution in [0.15, 0.2) is 30.5 Å². The molecule has 0 unspecified atom stereocenters. The number of halogens is 1. The molecule has 1 fully saturated rings. The van der Waals surface area contributed by atoms with E-state index in [1.165, 1.54) is 10.9 Å². The molecule has 5 heteroatoms. The zero-order chi connectivity index (χ0) is 15.5. The summed E-state index contributed by atoms with van der Waals surface area (Å²) in [6.07, 6.45) is 5.06. The van der Waals surface area contributed by atoms with Gasteiger partial charge in [-0.2, -0.15) is 0 Å². The number of rotatable bonds is 4. The second kappa shape index (κ2) is 7.84. The Bertz CT molecular complexity index is 667. The van der Waals surface area contributed by atoms with Crippen molar-refractivity contribution in [2.75, 3.05) is 11.9 Å². The molecule has 0 spiro atoms. The highest BCUT2D eigenvalue weighted by Gasteiger charge is 2.24. The summed E-state index contributed by atoms with van der Waals surface area (Å²) in [6, 6.07) is 8.73. The van der Waals surface area contributed by atoms with Crippen LogP contribution in [-0.4, -0.2) is 23.1 Å². The third-order valence-corrected chi connectivity index (χ3v) is 4.50. The lowest BCUT2D eigenvalue weighted by Crippen LogP contribution is -2.40. The minimum atomic E-state index is 0. The minimum Gasteiger partial charge on any atom is -0.347 e. The quantitative estimate of drug-likeness (QED) is 0.892. The van der Waals surface area contributed by atoms with E-state index in [4.69, 9.17) is 0 Å². The minimum absolute atomic E-state index is 0. The van der Waals surface area contributed by atoms with Crippen molar-refractivity contribution in [2.45, 2.75) is 45.7 Å². The number of carbonyl (C=O) groups is 1. The molecule has 1 aromatic heterocycles. The van der Waals surface area contributed by atoms with E-state index in [0.717, 1.165) is 38.0 Å². The van der Waals surface area contributed by atoms with Crippen molar-refractivity contribution in [1.29, 1.82) is 0 Å². The molecule has 1 saturated heterocycles. The molecular weight excluding hydrogens is 310 g/mol. The number of amides is 1. The molecule has 1 aliphatic rings. The van der Waals surface area contributed by atoms with E-state index >= 15 is 0 Å². The highest BCUT2D eigenvalue weighted by molar-refractivity contribution is 5.95. The number of hydrogen-bond donors (Lipinski definition) is 2. The van der Waals surface area contributed by atoms with Crippen LogP contribution < -0.4 is 10.6 Å². The van der Waals surface area contributed by atoms with Crippen LogP contribution in [0.1, 0.15) is 33.1 Å². The average Bonchev–Trinajstić information content (AvgIpc) is 2.90. The summed E-state index contributed by atoms with van der Waals surface area (Å²) in [7, 11) is 0. The third-order valence-electron chi connectivity index (χ3n) is 4.50. The van der Waals surface area contributed by atoms with E-state index in [1.54, 1.807) is 0 Å². The van der Waals surface area contributed by atoms with Crippen LogP contribution in [-0.2, 0) is 11.3 Å². The first-order chi connectivity index (χ1) is 10.7. The lowest BCUT2D eigenvalue weighted by atomic mass is 9.92.